The number of carbonyl (C=O) groups excluding carboxylic acids is 1. The van der Waals surface area contributed by atoms with Crippen molar-refractivity contribution in [2.45, 2.75) is 52.0 Å². The summed E-state index contributed by atoms with van der Waals surface area (Å²) in [6.45, 7) is 4.44. The van der Waals surface area contributed by atoms with E-state index >= 15 is 0 Å². The van der Waals surface area contributed by atoms with E-state index < -0.39 is 0 Å². The van der Waals surface area contributed by atoms with Crippen molar-refractivity contribution in [1.82, 2.24) is 15.5 Å². The van der Waals surface area contributed by atoms with Crippen molar-refractivity contribution in [3.63, 3.8) is 0 Å². The summed E-state index contributed by atoms with van der Waals surface area (Å²) in [6, 6.07) is 7.93. The molecule has 0 bridgehead atoms. The first-order chi connectivity index (χ1) is 10.6. The molecule has 1 atom stereocenters. The molecule has 0 unspecified atom stereocenters. The molecule has 0 aliphatic heterocycles. The number of H-pyrrole nitrogens is 1. The third-order valence-electron chi connectivity index (χ3n) is 4.89. The Morgan fingerprint density at radius 3 is 2.82 bits per heavy atom. The zero-order valence-electron chi connectivity index (χ0n) is 13.4. The minimum absolute atomic E-state index is 0.0749. The van der Waals surface area contributed by atoms with Crippen LogP contribution in [0.5, 0.6) is 0 Å². The van der Waals surface area contributed by atoms with Crippen LogP contribution in [0.15, 0.2) is 24.3 Å². The fourth-order valence-corrected chi connectivity index (χ4v) is 3.55. The Hall–Kier alpha value is -1.84. The van der Waals surface area contributed by atoms with Gasteiger partial charge in [0.05, 0.1) is 5.52 Å². The van der Waals surface area contributed by atoms with Crippen LogP contribution < -0.4 is 5.32 Å². The Kier molecular flexibility index (Phi) is 4.46. The Morgan fingerprint density at radius 2 is 2.05 bits per heavy atom. The fraction of sp³-hybridized carbons (Fsp3) is 0.556. The normalized spacial score (nSPS) is 23.4. The van der Waals surface area contributed by atoms with Crippen molar-refractivity contribution in [2.75, 3.05) is 0 Å². The molecule has 1 amide bonds. The van der Waals surface area contributed by atoms with Gasteiger partial charge in [-0.25, -0.2) is 0 Å². The second-order valence-corrected chi connectivity index (χ2v) is 6.85. The highest BCUT2D eigenvalue weighted by molar-refractivity contribution is 6.04. The molecule has 3 rings (SSSR count). The topological polar surface area (TPSA) is 57.8 Å². The minimum Gasteiger partial charge on any atom is -0.348 e. The molecule has 0 radical (unpaired) electrons. The summed E-state index contributed by atoms with van der Waals surface area (Å²) < 4.78 is 0. The summed E-state index contributed by atoms with van der Waals surface area (Å²) in [7, 11) is 0. The lowest BCUT2D eigenvalue weighted by Gasteiger charge is -2.28. The first-order valence-electron chi connectivity index (χ1n) is 8.37. The van der Waals surface area contributed by atoms with E-state index in [9.17, 15) is 4.79 Å². The van der Waals surface area contributed by atoms with Gasteiger partial charge in [-0.3, -0.25) is 9.89 Å². The number of para-hydroxylation sites is 1. The molecule has 1 saturated carbocycles. The minimum atomic E-state index is -0.0749. The van der Waals surface area contributed by atoms with Crippen LogP contribution in [-0.4, -0.2) is 22.1 Å². The molecule has 1 heterocycles. The summed E-state index contributed by atoms with van der Waals surface area (Å²) >= 11 is 0. The molecule has 1 fully saturated rings. The molecular weight excluding hydrogens is 274 g/mol. The van der Waals surface area contributed by atoms with E-state index in [1.807, 2.05) is 24.3 Å². The van der Waals surface area contributed by atoms with Crippen LogP contribution >= 0.6 is 0 Å². The van der Waals surface area contributed by atoms with Crippen molar-refractivity contribution >= 4 is 16.8 Å². The molecule has 118 valence electrons. The highest BCUT2D eigenvalue weighted by Gasteiger charge is 2.22. The van der Waals surface area contributed by atoms with Crippen LogP contribution in [0.3, 0.4) is 0 Å². The van der Waals surface area contributed by atoms with Gasteiger partial charge in [0.25, 0.3) is 5.91 Å². The number of amides is 1. The second kappa shape index (κ2) is 6.51. The molecule has 1 aromatic carbocycles. The highest BCUT2D eigenvalue weighted by atomic mass is 16.2. The zero-order chi connectivity index (χ0) is 15.5. The van der Waals surface area contributed by atoms with Crippen molar-refractivity contribution in [3.05, 3.63) is 30.0 Å². The molecule has 0 spiro atoms. The van der Waals surface area contributed by atoms with Crippen LogP contribution in [-0.2, 0) is 0 Å². The van der Waals surface area contributed by atoms with Crippen LogP contribution in [0.1, 0.15) is 56.4 Å². The number of benzene rings is 1. The second-order valence-electron chi connectivity index (χ2n) is 6.85. The van der Waals surface area contributed by atoms with Crippen LogP contribution in [0.2, 0.25) is 0 Å². The van der Waals surface area contributed by atoms with E-state index in [2.05, 4.69) is 29.4 Å². The van der Waals surface area contributed by atoms with E-state index in [-0.39, 0.29) is 11.9 Å². The first-order valence-corrected chi connectivity index (χ1v) is 8.37. The van der Waals surface area contributed by atoms with Gasteiger partial charge in [-0.05, 0) is 31.2 Å². The van der Waals surface area contributed by atoms with E-state index in [0.29, 0.717) is 5.69 Å². The maximum Gasteiger partial charge on any atom is 0.272 e. The molecule has 2 N–H and O–H groups in total. The number of rotatable bonds is 4. The smallest absolute Gasteiger partial charge is 0.272 e. The average molecular weight is 299 g/mol. The van der Waals surface area contributed by atoms with Crippen molar-refractivity contribution in [3.8, 4) is 0 Å². The molecule has 4 heteroatoms. The largest absolute Gasteiger partial charge is 0.348 e. The Labute approximate surface area is 131 Å². The van der Waals surface area contributed by atoms with Gasteiger partial charge in [0, 0.05) is 11.4 Å². The third kappa shape index (κ3) is 3.32. The predicted octanol–water partition coefficient (Wildman–Crippen LogP) is 3.90. The standard InChI is InChI=1S/C18H25N3O/c1-12-7-9-14(10-8-12)11-13(2)19-18(22)17-15-5-3-4-6-16(15)20-21-17/h3-6,12-14H,7-11H2,1-2H3,(H,19,22)(H,20,21)/t12-,13-,14+/m0/s1. The van der Waals surface area contributed by atoms with Gasteiger partial charge in [0.15, 0.2) is 5.69 Å². The van der Waals surface area contributed by atoms with E-state index in [1.54, 1.807) is 0 Å². The van der Waals surface area contributed by atoms with Crippen molar-refractivity contribution in [1.29, 1.82) is 0 Å². The molecule has 0 saturated heterocycles. The molecule has 1 aliphatic rings. The Morgan fingerprint density at radius 1 is 1.32 bits per heavy atom. The monoisotopic (exact) mass is 299 g/mol. The number of aromatic nitrogens is 2. The fourth-order valence-electron chi connectivity index (χ4n) is 3.55. The lowest BCUT2D eigenvalue weighted by Crippen LogP contribution is -2.35. The number of fused-ring (bicyclic) bond motifs is 1. The van der Waals surface area contributed by atoms with Gasteiger partial charge >= 0.3 is 0 Å². The third-order valence-corrected chi connectivity index (χ3v) is 4.89. The van der Waals surface area contributed by atoms with Crippen LogP contribution in [0, 0.1) is 11.8 Å². The average Bonchev–Trinajstić information content (AvgIpc) is 2.93. The molecular formula is C18H25N3O. The lowest BCUT2D eigenvalue weighted by molar-refractivity contribution is 0.0928. The summed E-state index contributed by atoms with van der Waals surface area (Å²) in [5.74, 6) is 1.55. The molecule has 22 heavy (non-hydrogen) atoms. The molecule has 4 nitrogen and oxygen atoms in total. The summed E-state index contributed by atoms with van der Waals surface area (Å²) in [5, 5.41) is 11.1. The van der Waals surface area contributed by atoms with Gasteiger partial charge in [0.1, 0.15) is 0 Å². The number of nitrogens with zero attached hydrogens (tertiary/aromatic N) is 1. The molecule has 2 aromatic rings. The van der Waals surface area contributed by atoms with E-state index in [0.717, 1.165) is 29.2 Å². The number of carbonyl (C=O) groups is 1. The van der Waals surface area contributed by atoms with Crippen LogP contribution in [0.25, 0.3) is 10.9 Å². The van der Waals surface area contributed by atoms with Crippen molar-refractivity contribution < 1.29 is 4.79 Å². The summed E-state index contributed by atoms with van der Waals surface area (Å²) in [6.07, 6.45) is 6.32. The molecule has 1 aromatic heterocycles. The number of hydrogen-bond donors (Lipinski definition) is 2. The maximum absolute atomic E-state index is 12.4. The Balaban J connectivity index is 1.59. The van der Waals surface area contributed by atoms with E-state index in [1.165, 1.54) is 25.7 Å². The number of hydrogen-bond acceptors (Lipinski definition) is 2. The van der Waals surface area contributed by atoms with Crippen LogP contribution in [0.4, 0.5) is 0 Å². The number of aromatic amines is 1. The summed E-state index contributed by atoms with van der Waals surface area (Å²) in [5.41, 5.74) is 1.40. The molecule has 1 aliphatic carbocycles. The maximum atomic E-state index is 12.4. The quantitative estimate of drug-likeness (QED) is 0.899. The lowest BCUT2D eigenvalue weighted by atomic mass is 9.80. The van der Waals surface area contributed by atoms with Crippen molar-refractivity contribution in [2.24, 2.45) is 11.8 Å². The first kappa shape index (κ1) is 15.1. The SMILES string of the molecule is C[C@@H](C[C@H]1CC[C@@H](C)CC1)NC(=O)c1n[nH]c2ccccc12. The van der Waals surface area contributed by atoms with E-state index in [4.69, 9.17) is 0 Å². The van der Waals surface area contributed by atoms with Gasteiger partial charge in [0.2, 0.25) is 0 Å². The Bertz CT molecular complexity index is 641. The zero-order valence-corrected chi connectivity index (χ0v) is 13.4. The summed E-state index contributed by atoms with van der Waals surface area (Å²) in [4.78, 5) is 12.4. The predicted molar refractivity (Wildman–Crippen MR) is 88.8 cm³/mol. The van der Waals surface area contributed by atoms with Gasteiger partial charge in [-0.15, -0.1) is 0 Å². The van der Waals surface area contributed by atoms with Gasteiger partial charge in [-0.1, -0.05) is 50.8 Å². The van der Waals surface area contributed by atoms with Gasteiger partial charge < -0.3 is 5.32 Å². The van der Waals surface area contributed by atoms with Gasteiger partial charge in [-0.2, -0.15) is 5.10 Å². The highest BCUT2D eigenvalue weighted by Crippen LogP contribution is 2.31. The number of nitrogens with one attached hydrogen (secondary N) is 2.